The molecule has 3 rings (SSSR count). The lowest BCUT2D eigenvalue weighted by Crippen LogP contribution is -2.02. The lowest BCUT2D eigenvalue weighted by Gasteiger charge is -2.03. The van der Waals surface area contributed by atoms with Crippen molar-refractivity contribution in [3.8, 4) is 0 Å². The number of hydrogen-bond donors (Lipinski definition) is 0. The van der Waals surface area contributed by atoms with Crippen LogP contribution < -0.4 is 0 Å². The fourth-order valence-electron chi connectivity index (χ4n) is 3.03. The second-order valence-corrected chi connectivity index (χ2v) is 8.06. The SMILES string of the molecule is CSC(SC)=C(C)/C=C/C1CC1C(=O)c1ccc2ccccc2c1. The summed E-state index contributed by atoms with van der Waals surface area (Å²) in [7, 11) is 0. The molecule has 3 heteroatoms. The average Bonchev–Trinajstić information content (AvgIpc) is 3.39. The third-order valence-corrected chi connectivity index (χ3v) is 6.88. The van der Waals surface area contributed by atoms with E-state index in [2.05, 4.69) is 43.7 Å². The molecule has 1 fully saturated rings. The first-order chi connectivity index (χ1) is 11.6. The van der Waals surface area contributed by atoms with Crippen molar-refractivity contribution in [2.45, 2.75) is 13.3 Å². The standard InChI is InChI=1S/C21H22OS2/c1-14(21(23-2)24-3)8-9-17-13-19(17)20(22)18-11-10-15-6-4-5-7-16(15)12-18/h4-12,17,19H,13H2,1-3H3/b9-8+. The minimum absolute atomic E-state index is 0.155. The van der Waals surface area contributed by atoms with E-state index in [9.17, 15) is 4.79 Å². The normalized spacial score (nSPS) is 19.6. The summed E-state index contributed by atoms with van der Waals surface area (Å²) < 4.78 is 1.34. The van der Waals surface area contributed by atoms with Crippen LogP contribution in [-0.4, -0.2) is 18.3 Å². The van der Waals surface area contributed by atoms with E-state index in [-0.39, 0.29) is 11.7 Å². The maximum atomic E-state index is 12.7. The van der Waals surface area contributed by atoms with Gasteiger partial charge in [-0.15, -0.1) is 23.5 Å². The molecule has 0 N–H and O–H groups in total. The Bertz CT molecular complexity index is 813. The van der Waals surface area contributed by atoms with Gasteiger partial charge in [0, 0.05) is 15.7 Å². The van der Waals surface area contributed by atoms with Gasteiger partial charge < -0.3 is 0 Å². The number of fused-ring (bicyclic) bond motifs is 1. The van der Waals surface area contributed by atoms with Crippen molar-refractivity contribution in [3.63, 3.8) is 0 Å². The molecule has 0 amide bonds. The van der Waals surface area contributed by atoms with Crippen LogP contribution in [0.5, 0.6) is 0 Å². The molecule has 0 saturated heterocycles. The van der Waals surface area contributed by atoms with E-state index in [1.54, 1.807) is 23.5 Å². The van der Waals surface area contributed by atoms with E-state index >= 15 is 0 Å². The average molecular weight is 355 g/mol. The molecule has 0 aliphatic heterocycles. The quantitative estimate of drug-likeness (QED) is 0.456. The number of allylic oxidation sites excluding steroid dienone is 3. The van der Waals surface area contributed by atoms with Gasteiger partial charge in [-0.25, -0.2) is 0 Å². The fourth-order valence-corrected chi connectivity index (χ4v) is 4.47. The molecule has 2 aromatic rings. The number of carbonyl (C=O) groups is 1. The molecule has 0 aromatic heterocycles. The van der Waals surface area contributed by atoms with Gasteiger partial charge >= 0.3 is 0 Å². The van der Waals surface area contributed by atoms with Gasteiger partial charge in [0.05, 0.1) is 0 Å². The number of carbonyl (C=O) groups excluding carboxylic acids is 1. The highest BCUT2D eigenvalue weighted by Gasteiger charge is 2.41. The van der Waals surface area contributed by atoms with Gasteiger partial charge in [0.2, 0.25) is 0 Å². The molecule has 2 unspecified atom stereocenters. The lowest BCUT2D eigenvalue weighted by molar-refractivity contribution is 0.0964. The van der Waals surface area contributed by atoms with Gasteiger partial charge in [-0.1, -0.05) is 48.6 Å². The van der Waals surface area contributed by atoms with Crippen LogP contribution in [0.15, 0.2) is 64.4 Å². The molecule has 24 heavy (non-hydrogen) atoms. The van der Waals surface area contributed by atoms with E-state index < -0.39 is 0 Å². The van der Waals surface area contributed by atoms with Crippen molar-refractivity contribution < 1.29 is 4.79 Å². The minimum Gasteiger partial charge on any atom is -0.294 e. The molecule has 0 heterocycles. The monoisotopic (exact) mass is 354 g/mol. The maximum absolute atomic E-state index is 12.7. The van der Waals surface area contributed by atoms with E-state index in [0.717, 1.165) is 17.4 Å². The summed E-state index contributed by atoms with van der Waals surface area (Å²) in [5, 5.41) is 2.32. The fraction of sp³-hybridized carbons (Fsp3) is 0.286. The Morgan fingerprint density at radius 2 is 1.79 bits per heavy atom. The molecule has 0 bridgehead atoms. The van der Waals surface area contributed by atoms with Crippen LogP contribution in [0.25, 0.3) is 10.8 Å². The molecule has 1 saturated carbocycles. The summed E-state index contributed by atoms with van der Waals surface area (Å²) in [5.74, 6) is 0.832. The number of rotatable bonds is 6. The highest BCUT2D eigenvalue weighted by molar-refractivity contribution is 8.21. The zero-order valence-electron chi connectivity index (χ0n) is 14.3. The molecule has 1 aliphatic rings. The largest absolute Gasteiger partial charge is 0.294 e. The highest BCUT2D eigenvalue weighted by atomic mass is 32.2. The Kier molecular flexibility index (Phi) is 5.52. The number of ketones is 1. The summed E-state index contributed by atoms with van der Waals surface area (Å²) >= 11 is 3.56. The van der Waals surface area contributed by atoms with Crippen molar-refractivity contribution in [3.05, 3.63) is 70.0 Å². The first kappa shape index (κ1) is 17.4. The number of hydrogen-bond acceptors (Lipinski definition) is 3. The van der Waals surface area contributed by atoms with E-state index in [1.165, 1.54) is 15.2 Å². The molecule has 2 aromatic carbocycles. The van der Waals surface area contributed by atoms with Crippen LogP contribution in [0.1, 0.15) is 23.7 Å². The predicted octanol–water partition coefficient (Wildman–Crippen LogP) is 6.17. The van der Waals surface area contributed by atoms with Crippen LogP contribution in [-0.2, 0) is 0 Å². The van der Waals surface area contributed by atoms with Crippen molar-refractivity contribution in [2.75, 3.05) is 12.5 Å². The van der Waals surface area contributed by atoms with Crippen LogP contribution in [0.2, 0.25) is 0 Å². The molecule has 0 spiro atoms. The zero-order chi connectivity index (χ0) is 17.1. The summed E-state index contributed by atoms with van der Waals surface area (Å²) in [4.78, 5) is 12.7. The lowest BCUT2D eigenvalue weighted by atomic mass is 10.0. The molecule has 1 aliphatic carbocycles. The molecule has 2 atom stereocenters. The number of Topliss-reactive ketones (excluding diaryl/α,β-unsaturated/α-hetero) is 1. The van der Waals surface area contributed by atoms with Crippen molar-refractivity contribution in [1.29, 1.82) is 0 Å². The zero-order valence-corrected chi connectivity index (χ0v) is 15.9. The topological polar surface area (TPSA) is 17.1 Å². The van der Waals surface area contributed by atoms with Crippen LogP contribution in [0.3, 0.4) is 0 Å². The first-order valence-electron chi connectivity index (χ1n) is 8.14. The predicted molar refractivity (Wildman–Crippen MR) is 109 cm³/mol. The summed E-state index contributed by atoms with van der Waals surface area (Å²) in [6.07, 6.45) is 9.58. The van der Waals surface area contributed by atoms with Crippen LogP contribution in [0, 0.1) is 11.8 Å². The first-order valence-corrected chi connectivity index (χ1v) is 10.6. The van der Waals surface area contributed by atoms with Crippen molar-refractivity contribution in [2.24, 2.45) is 11.8 Å². The molecule has 124 valence electrons. The molecule has 1 nitrogen and oxygen atoms in total. The Morgan fingerprint density at radius 1 is 1.08 bits per heavy atom. The smallest absolute Gasteiger partial charge is 0.166 e. The maximum Gasteiger partial charge on any atom is 0.166 e. The third kappa shape index (κ3) is 3.79. The minimum atomic E-state index is 0.155. The van der Waals surface area contributed by atoms with E-state index in [4.69, 9.17) is 0 Å². The van der Waals surface area contributed by atoms with Gasteiger partial charge in [-0.2, -0.15) is 0 Å². The third-order valence-electron chi connectivity index (χ3n) is 4.50. The van der Waals surface area contributed by atoms with E-state index in [0.29, 0.717) is 5.92 Å². The van der Waals surface area contributed by atoms with Gasteiger partial charge in [0.25, 0.3) is 0 Å². The van der Waals surface area contributed by atoms with Gasteiger partial charge in [0.1, 0.15) is 0 Å². The molecule has 0 radical (unpaired) electrons. The number of benzene rings is 2. The second kappa shape index (κ2) is 7.62. The Hall–Kier alpha value is -1.45. The summed E-state index contributed by atoms with van der Waals surface area (Å²) in [6.45, 7) is 2.14. The molecular weight excluding hydrogens is 332 g/mol. The Balaban J connectivity index is 1.70. The van der Waals surface area contributed by atoms with Gasteiger partial charge in [-0.05, 0) is 54.2 Å². The summed E-state index contributed by atoms with van der Waals surface area (Å²) in [6, 6.07) is 14.2. The van der Waals surface area contributed by atoms with Gasteiger partial charge in [-0.3, -0.25) is 4.79 Å². The Morgan fingerprint density at radius 3 is 2.50 bits per heavy atom. The van der Waals surface area contributed by atoms with Crippen LogP contribution in [0.4, 0.5) is 0 Å². The second-order valence-electron chi connectivity index (χ2n) is 6.17. The van der Waals surface area contributed by atoms with Gasteiger partial charge in [0.15, 0.2) is 5.78 Å². The van der Waals surface area contributed by atoms with Crippen molar-refractivity contribution in [1.82, 2.24) is 0 Å². The van der Waals surface area contributed by atoms with Crippen molar-refractivity contribution >= 4 is 40.1 Å². The molecular formula is C21H22OS2. The Labute approximate surface area is 152 Å². The number of thioether (sulfide) groups is 2. The summed E-state index contributed by atoms with van der Waals surface area (Å²) in [5.41, 5.74) is 2.13. The van der Waals surface area contributed by atoms with Crippen LogP contribution >= 0.6 is 23.5 Å². The van der Waals surface area contributed by atoms with E-state index in [1.807, 2.05) is 30.3 Å². The highest BCUT2D eigenvalue weighted by Crippen LogP contribution is 2.43.